The number of carbonyl (C=O) groups is 3. The van der Waals surface area contributed by atoms with Crippen LogP contribution in [0.5, 0.6) is 0 Å². The van der Waals surface area contributed by atoms with E-state index in [1.807, 2.05) is 30.3 Å². The quantitative estimate of drug-likeness (QED) is 0.511. The van der Waals surface area contributed by atoms with Gasteiger partial charge in [0.1, 0.15) is 13.2 Å². The van der Waals surface area contributed by atoms with Crippen LogP contribution in [-0.4, -0.2) is 30.9 Å². The molecule has 2 aromatic carbocycles. The maximum Gasteiger partial charge on any atom is 0.325 e. The van der Waals surface area contributed by atoms with Crippen molar-refractivity contribution in [2.75, 3.05) is 13.1 Å². The molecule has 0 aromatic heterocycles. The van der Waals surface area contributed by atoms with Gasteiger partial charge in [0.2, 0.25) is 5.91 Å². The van der Waals surface area contributed by atoms with E-state index in [2.05, 4.69) is 10.6 Å². The highest BCUT2D eigenvalue weighted by Crippen LogP contribution is 2.09. The summed E-state index contributed by atoms with van der Waals surface area (Å²) in [6, 6.07) is 15.8. The Hall–Kier alpha value is -2.86. The number of amides is 2. The Bertz CT molecular complexity index is 763. The van der Waals surface area contributed by atoms with E-state index in [1.54, 1.807) is 24.3 Å². The van der Waals surface area contributed by atoms with Crippen molar-refractivity contribution in [2.45, 2.75) is 19.4 Å². The van der Waals surface area contributed by atoms with Crippen LogP contribution in [0.3, 0.4) is 0 Å². The number of benzene rings is 2. The first-order valence-electron chi connectivity index (χ1n) is 8.54. The van der Waals surface area contributed by atoms with E-state index in [1.165, 1.54) is 0 Å². The lowest BCUT2D eigenvalue weighted by Gasteiger charge is -2.07. The van der Waals surface area contributed by atoms with Crippen molar-refractivity contribution in [3.63, 3.8) is 0 Å². The van der Waals surface area contributed by atoms with Crippen LogP contribution in [-0.2, 0) is 20.9 Å². The fourth-order valence-electron chi connectivity index (χ4n) is 2.20. The van der Waals surface area contributed by atoms with Crippen molar-refractivity contribution in [1.82, 2.24) is 10.6 Å². The fourth-order valence-corrected chi connectivity index (χ4v) is 2.33. The number of esters is 1. The Kier molecular flexibility index (Phi) is 8.32. The van der Waals surface area contributed by atoms with Gasteiger partial charge in [-0.15, -0.1) is 0 Å². The van der Waals surface area contributed by atoms with E-state index in [0.717, 1.165) is 5.56 Å². The van der Waals surface area contributed by atoms with Gasteiger partial charge in [-0.05, 0) is 36.2 Å². The van der Waals surface area contributed by atoms with Crippen LogP contribution < -0.4 is 10.6 Å². The molecule has 27 heavy (non-hydrogen) atoms. The van der Waals surface area contributed by atoms with E-state index >= 15 is 0 Å². The summed E-state index contributed by atoms with van der Waals surface area (Å²) in [5.41, 5.74) is 1.39. The predicted octanol–water partition coefficient (Wildman–Crippen LogP) is 2.71. The first-order valence-corrected chi connectivity index (χ1v) is 8.92. The van der Waals surface area contributed by atoms with Crippen molar-refractivity contribution >= 4 is 29.4 Å². The second-order valence-corrected chi connectivity index (χ2v) is 6.23. The molecule has 0 unspecified atom stereocenters. The third kappa shape index (κ3) is 7.92. The van der Waals surface area contributed by atoms with Crippen LogP contribution in [0.25, 0.3) is 0 Å². The van der Waals surface area contributed by atoms with Crippen molar-refractivity contribution < 1.29 is 19.1 Å². The highest BCUT2D eigenvalue weighted by atomic mass is 35.5. The highest BCUT2D eigenvalue weighted by Gasteiger charge is 2.08. The zero-order chi connectivity index (χ0) is 19.5. The smallest absolute Gasteiger partial charge is 0.325 e. The number of hydrogen-bond donors (Lipinski definition) is 2. The van der Waals surface area contributed by atoms with Gasteiger partial charge >= 0.3 is 5.97 Å². The Balaban J connectivity index is 1.56. The predicted molar refractivity (Wildman–Crippen MR) is 102 cm³/mol. The highest BCUT2D eigenvalue weighted by molar-refractivity contribution is 6.30. The number of rotatable bonds is 9. The van der Waals surface area contributed by atoms with Crippen molar-refractivity contribution in [3.8, 4) is 0 Å². The van der Waals surface area contributed by atoms with E-state index < -0.39 is 5.97 Å². The van der Waals surface area contributed by atoms with Crippen LogP contribution in [0.1, 0.15) is 28.8 Å². The van der Waals surface area contributed by atoms with Gasteiger partial charge in [-0.25, -0.2) is 0 Å². The van der Waals surface area contributed by atoms with E-state index in [4.69, 9.17) is 16.3 Å². The standard InChI is InChI=1S/C20H21ClN2O4/c21-17-10-8-16(9-11-17)20(26)22-12-4-7-18(24)23-13-19(25)27-14-15-5-2-1-3-6-15/h1-3,5-6,8-11H,4,7,12-14H2,(H,22,26)(H,23,24). The van der Waals surface area contributed by atoms with Gasteiger partial charge in [-0.3, -0.25) is 14.4 Å². The topological polar surface area (TPSA) is 84.5 Å². The molecule has 0 heterocycles. The second kappa shape index (κ2) is 11.0. The zero-order valence-electron chi connectivity index (χ0n) is 14.7. The SMILES string of the molecule is O=C(CCCNC(=O)c1ccc(Cl)cc1)NCC(=O)OCc1ccccc1. The molecule has 0 bridgehead atoms. The Morgan fingerprint density at radius 3 is 2.33 bits per heavy atom. The molecule has 2 aromatic rings. The molecule has 142 valence electrons. The lowest BCUT2D eigenvalue weighted by molar-refractivity contribution is -0.145. The summed E-state index contributed by atoms with van der Waals surface area (Å²) >= 11 is 5.77. The maximum absolute atomic E-state index is 11.9. The van der Waals surface area contributed by atoms with E-state index in [-0.39, 0.29) is 31.4 Å². The summed E-state index contributed by atoms with van der Waals surface area (Å²) in [5.74, 6) is -0.993. The van der Waals surface area contributed by atoms with Crippen LogP contribution >= 0.6 is 11.6 Å². The summed E-state index contributed by atoms with van der Waals surface area (Å²) in [5, 5.41) is 5.79. The minimum atomic E-state index is -0.497. The van der Waals surface area contributed by atoms with Gasteiger partial charge < -0.3 is 15.4 Å². The second-order valence-electron chi connectivity index (χ2n) is 5.79. The van der Waals surface area contributed by atoms with Gasteiger partial charge in [0, 0.05) is 23.6 Å². The first-order chi connectivity index (χ1) is 13.0. The normalized spacial score (nSPS) is 10.1. The molecule has 2 rings (SSSR count). The van der Waals surface area contributed by atoms with Crippen molar-refractivity contribution in [2.24, 2.45) is 0 Å². The molecule has 0 atom stereocenters. The molecule has 0 saturated heterocycles. The molecule has 0 aliphatic heterocycles. The maximum atomic E-state index is 11.9. The molecule has 0 radical (unpaired) electrons. The fraction of sp³-hybridized carbons (Fsp3) is 0.250. The molecule has 0 aliphatic rings. The average molecular weight is 389 g/mol. The molecule has 0 aliphatic carbocycles. The molecule has 2 amide bonds. The molecule has 2 N–H and O–H groups in total. The van der Waals surface area contributed by atoms with Gasteiger partial charge in [-0.2, -0.15) is 0 Å². The number of carbonyl (C=O) groups excluding carboxylic acids is 3. The molecular formula is C20H21ClN2O4. The summed E-state index contributed by atoms with van der Waals surface area (Å²) < 4.78 is 5.07. The minimum absolute atomic E-state index is 0.173. The Labute approximate surface area is 162 Å². The lowest BCUT2D eigenvalue weighted by Crippen LogP contribution is -2.31. The Morgan fingerprint density at radius 2 is 1.63 bits per heavy atom. The molecule has 0 fully saturated rings. The van der Waals surface area contributed by atoms with Crippen LogP contribution in [0.2, 0.25) is 5.02 Å². The number of nitrogens with one attached hydrogen (secondary N) is 2. The average Bonchev–Trinajstić information content (AvgIpc) is 2.69. The van der Waals surface area contributed by atoms with Gasteiger partial charge in [0.15, 0.2) is 0 Å². The van der Waals surface area contributed by atoms with Crippen molar-refractivity contribution in [3.05, 3.63) is 70.7 Å². The van der Waals surface area contributed by atoms with Gasteiger partial charge in [-0.1, -0.05) is 41.9 Å². The third-order valence-electron chi connectivity index (χ3n) is 3.65. The van der Waals surface area contributed by atoms with Crippen LogP contribution in [0.4, 0.5) is 0 Å². The number of hydrogen-bond acceptors (Lipinski definition) is 4. The monoisotopic (exact) mass is 388 g/mol. The molecule has 0 saturated carbocycles. The molecular weight excluding hydrogens is 368 g/mol. The summed E-state index contributed by atoms with van der Waals surface area (Å²) in [4.78, 5) is 35.2. The third-order valence-corrected chi connectivity index (χ3v) is 3.90. The molecule has 0 spiro atoms. The summed E-state index contributed by atoms with van der Waals surface area (Å²) in [6.45, 7) is 0.350. The Morgan fingerprint density at radius 1 is 0.926 bits per heavy atom. The van der Waals surface area contributed by atoms with E-state index in [0.29, 0.717) is 23.6 Å². The van der Waals surface area contributed by atoms with Crippen molar-refractivity contribution in [1.29, 1.82) is 0 Å². The summed E-state index contributed by atoms with van der Waals surface area (Å²) in [6.07, 6.45) is 0.664. The number of halogens is 1. The van der Waals surface area contributed by atoms with Gasteiger partial charge in [0.05, 0.1) is 0 Å². The number of ether oxygens (including phenoxy) is 1. The van der Waals surface area contributed by atoms with E-state index in [9.17, 15) is 14.4 Å². The van der Waals surface area contributed by atoms with Crippen LogP contribution in [0, 0.1) is 0 Å². The first kappa shape index (κ1) is 20.5. The van der Waals surface area contributed by atoms with Gasteiger partial charge in [0.25, 0.3) is 5.91 Å². The molecule has 6 nitrogen and oxygen atoms in total. The summed E-state index contributed by atoms with van der Waals surface area (Å²) in [7, 11) is 0. The molecule has 7 heteroatoms. The zero-order valence-corrected chi connectivity index (χ0v) is 15.5. The minimum Gasteiger partial charge on any atom is -0.460 e. The largest absolute Gasteiger partial charge is 0.460 e. The lowest BCUT2D eigenvalue weighted by atomic mass is 10.2. The van der Waals surface area contributed by atoms with Crippen LogP contribution in [0.15, 0.2) is 54.6 Å².